The van der Waals surface area contributed by atoms with Crippen molar-refractivity contribution in [2.45, 2.75) is 26.2 Å². The van der Waals surface area contributed by atoms with Gasteiger partial charge in [0.2, 0.25) is 0 Å². The molecule has 6 nitrogen and oxygen atoms in total. The molecule has 0 saturated carbocycles. The van der Waals surface area contributed by atoms with Crippen LogP contribution in [-0.4, -0.2) is 19.2 Å². The summed E-state index contributed by atoms with van der Waals surface area (Å²) in [4.78, 5) is 4.84. The molecule has 1 aliphatic rings. The van der Waals surface area contributed by atoms with E-state index in [0.29, 0.717) is 17.2 Å². The number of hydrogen-bond acceptors (Lipinski definition) is 3. The van der Waals surface area contributed by atoms with Crippen LogP contribution in [0.15, 0.2) is 188 Å². The summed E-state index contributed by atoms with van der Waals surface area (Å²) >= 11 is 0. The van der Waals surface area contributed by atoms with E-state index in [1.54, 1.807) is 6.07 Å². The third-order valence-electron chi connectivity index (χ3n) is 12.6. The third-order valence-corrected chi connectivity index (χ3v) is 12.6. The van der Waals surface area contributed by atoms with Gasteiger partial charge < -0.3 is 14.4 Å². The first-order valence-corrected chi connectivity index (χ1v) is 21.6. The summed E-state index contributed by atoms with van der Waals surface area (Å²) in [7, 11) is 0. The van der Waals surface area contributed by atoms with Crippen molar-refractivity contribution in [2.75, 3.05) is 0 Å². The Hall–Kier alpha value is -7.53. The van der Waals surface area contributed by atoms with Crippen LogP contribution in [0.25, 0.3) is 94.5 Å². The molecule has 3 aromatic heterocycles. The minimum Gasteiger partial charge on any atom is -0.508 e. The Morgan fingerprint density at radius 2 is 1.20 bits per heavy atom. The number of fused-ring (bicyclic) bond motifs is 10. The summed E-state index contributed by atoms with van der Waals surface area (Å²) in [6, 6.07) is 66.4. The molecule has 0 saturated heterocycles. The minimum absolute atomic E-state index is 0. The van der Waals surface area contributed by atoms with Crippen LogP contribution in [0.2, 0.25) is 0 Å². The van der Waals surface area contributed by atoms with Gasteiger partial charge in [-0.3, -0.25) is 9.13 Å². The minimum atomic E-state index is -0.0563. The second-order valence-electron chi connectivity index (χ2n) is 17.4. The van der Waals surface area contributed by atoms with Gasteiger partial charge in [-0.15, -0.1) is 17.5 Å². The van der Waals surface area contributed by atoms with Crippen LogP contribution in [0, 0.1) is 12.4 Å². The van der Waals surface area contributed by atoms with E-state index >= 15 is 0 Å². The second-order valence-corrected chi connectivity index (χ2v) is 17.4. The molecule has 0 radical (unpaired) electrons. The van der Waals surface area contributed by atoms with Gasteiger partial charge in [0.1, 0.15) is 11.5 Å². The van der Waals surface area contributed by atoms with Crippen molar-refractivity contribution in [1.82, 2.24) is 14.1 Å². The standard InChI is InChI=1S/C58H41N4O2.Pt/c1-58(2,3)38-32-33-59-54(34-38)62-49-26-12-11-22-45(49)46-31-30-39(35-52(46)62)64-53-29-15-28-51(57(53)63)60-36-61-55-40(37-16-5-4-6-17-37)23-13-24-47(55)43-20-9-7-18-41(43)42-19-8-10-21-44(42)48-25-14-27-50(60)56(48)61;/h4-34,63H,1-3H3;/q-1;+2. The number of benzene rings is 8. The zero-order valence-corrected chi connectivity index (χ0v) is 38.1. The Kier molecular flexibility index (Phi) is 9.67. The predicted molar refractivity (Wildman–Crippen MR) is 257 cm³/mol. The number of aromatic hydroxyl groups is 1. The quantitative estimate of drug-likeness (QED) is 0.138. The Labute approximate surface area is 391 Å². The van der Waals surface area contributed by atoms with Gasteiger partial charge in [0.15, 0.2) is 11.5 Å². The average molecular weight is 1020 g/mol. The SMILES string of the molecule is CC(C)(C)c1ccnc(-n2c3[c-]c(Oc4cccc(-n5[c-][n+]6c7c(cccc75)-c5ccccc5-c5ccccc5-c5cccc(-c7ccccc7)c5-6)c4O)ccc3c3ccccc32)c1.[Pt+2]. The molecule has 0 amide bonds. The number of hydrogen-bond donors (Lipinski definition) is 1. The molecular weight excluding hydrogens is 980 g/mol. The molecule has 4 heterocycles. The van der Waals surface area contributed by atoms with Gasteiger partial charge in [-0.2, -0.15) is 6.07 Å². The van der Waals surface area contributed by atoms with Crippen LogP contribution >= 0.6 is 0 Å². The van der Waals surface area contributed by atoms with Crippen LogP contribution in [0.1, 0.15) is 26.3 Å². The van der Waals surface area contributed by atoms with Crippen LogP contribution in [0.4, 0.5) is 0 Å². The number of pyridine rings is 1. The zero-order valence-electron chi connectivity index (χ0n) is 35.9. The Morgan fingerprint density at radius 3 is 1.97 bits per heavy atom. The summed E-state index contributed by atoms with van der Waals surface area (Å²) in [6.07, 6.45) is 5.66. The number of para-hydroxylation sites is 4. The first-order valence-electron chi connectivity index (χ1n) is 21.6. The molecule has 8 aromatic carbocycles. The molecule has 0 spiro atoms. The topological polar surface area (TPSA) is 56.1 Å². The molecule has 65 heavy (non-hydrogen) atoms. The monoisotopic (exact) mass is 1020 g/mol. The number of nitrogens with zero attached hydrogens (tertiary/aromatic N) is 4. The predicted octanol–water partition coefficient (Wildman–Crippen LogP) is 13.8. The van der Waals surface area contributed by atoms with E-state index in [2.05, 4.69) is 188 Å². The molecule has 12 rings (SSSR count). The van der Waals surface area contributed by atoms with E-state index in [1.807, 2.05) is 41.1 Å². The van der Waals surface area contributed by atoms with E-state index in [4.69, 9.17) is 9.72 Å². The van der Waals surface area contributed by atoms with Crippen LogP contribution in [0.3, 0.4) is 0 Å². The molecule has 0 fully saturated rings. The molecule has 7 heteroatoms. The van der Waals surface area contributed by atoms with Gasteiger partial charge in [-0.1, -0.05) is 166 Å². The van der Waals surface area contributed by atoms with Gasteiger partial charge in [0.05, 0.1) is 16.7 Å². The van der Waals surface area contributed by atoms with Gasteiger partial charge >= 0.3 is 21.1 Å². The van der Waals surface area contributed by atoms with E-state index in [9.17, 15) is 5.11 Å². The maximum atomic E-state index is 12.4. The van der Waals surface area contributed by atoms with Crippen molar-refractivity contribution >= 4 is 32.8 Å². The molecule has 1 aliphatic heterocycles. The number of ether oxygens (including phenoxy) is 1. The molecule has 0 bridgehead atoms. The van der Waals surface area contributed by atoms with E-state index in [-0.39, 0.29) is 32.2 Å². The number of phenols is 1. The molecule has 11 aromatic rings. The number of imidazole rings is 1. The van der Waals surface area contributed by atoms with Gasteiger partial charge in [0.25, 0.3) is 6.33 Å². The normalized spacial score (nSPS) is 11.9. The summed E-state index contributed by atoms with van der Waals surface area (Å²) < 4.78 is 12.9. The smallest absolute Gasteiger partial charge is 0.508 e. The summed E-state index contributed by atoms with van der Waals surface area (Å²) in [5, 5.41) is 14.5. The zero-order chi connectivity index (χ0) is 43.1. The maximum Gasteiger partial charge on any atom is 2.00 e. The van der Waals surface area contributed by atoms with Gasteiger partial charge in [-0.05, 0) is 91.2 Å². The summed E-state index contributed by atoms with van der Waals surface area (Å²) in [6.45, 7) is 6.63. The molecule has 314 valence electrons. The summed E-state index contributed by atoms with van der Waals surface area (Å²) in [5.74, 6) is 1.55. The van der Waals surface area contributed by atoms with Crippen molar-refractivity contribution in [3.8, 4) is 78.9 Å². The van der Waals surface area contributed by atoms with Crippen molar-refractivity contribution < 1.29 is 35.5 Å². The fraction of sp³-hybridized carbons (Fsp3) is 0.0690. The van der Waals surface area contributed by atoms with Crippen molar-refractivity contribution in [2.24, 2.45) is 0 Å². The van der Waals surface area contributed by atoms with Crippen LogP contribution < -0.4 is 9.30 Å². The molecule has 0 unspecified atom stereocenters. The molecule has 1 N–H and O–H groups in total. The first kappa shape index (κ1) is 40.3. The van der Waals surface area contributed by atoms with Crippen molar-refractivity contribution in [3.63, 3.8) is 0 Å². The van der Waals surface area contributed by atoms with Gasteiger partial charge in [0, 0.05) is 17.5 Å². The number of aromatic nitrogens is 4. The van der Waals surface area contributed by atoms with E-state index < -0.39 is 0 Å². The fourth-order valence-electron chi connectivity index (χ4n) is 9.54. The van der Waals surface area contributed by atoms with E-state index in [1.165, 1.54) is 5.56 Å². The first-order chi connectivity index (χ1) is 31.3. The van der Waals surface area contributed by atoms with Crippen LogP contribution in [-0.2, 0) is 26.5 Å². The number of phenolic OH excluding ortho intramolecular Hbond substituents is 1. The van der Waals surface area contributed by atoms with Crippen LogP contribution in [0.5, 0.6) is 17.2 Å². The molecule has 0 atom stereocenters. The maximum absolute atomic E-state index is 12.4. The Morgan fingerprint density at radius 1 is 0.585 bits per heavy atom. The van der Waals surface area contributed by atoms with E-state index in [0.717, 1.165) is 88.9 Å². The van der Waals surface area contributed by atoms with Crippen molar-refractivity contribution in [3.05, 3.63) is 206 Å². The summed E-state index contributed by atoms with van der Waals surface area (Å²) in [5.41, 5.74) is 15.2. The third kappa shape index (κ3) is 6.51. The van der Waals surface area contributed by atoms with Crippen molar-refractivity contribution in [1.29, 1.82) is 0 Å². The number of rotatable bonds is 5. The Bertz CT molecular complexity index is 3660. The Balaban J connectivity index is 0.00000469. The molecular formula is C58H41N4O2Pt+. The fourth-order valence-corrected chi connectivity index (χ4v) is 9.54. The molecule has 0 aliphatic carbocycles. The average Bonchev–Trinajstić information content (AvgIpc) is 3.88. The van der Waals surface area contributed by atoms with Gasteiger partial charge in [-0.25, -0.2) is 4.98 Å². The largest absolute Gasteiger partial charge is 2.00 e. The second kappa shape index (κ2) is 15.6.